The van der Waals surface area contributed by atoms with E-state index in [1.165, 1.54) is 31.3 Å². The molecule has 0 amide bonds. The van der Waals surface area contributed by atoms with Crippen molar-refractivity contribution in [3.05, 3.63) is 23.3 Å². The van der Waals surface area contributed by atoms with Crippen molar-refractivity contribution in [2.75, 3.05) is 0 Å². The monoisotopic (exact) mass is 262 g/mol. The molecule has 0 nitrogen and oxygen atoms in total. The summed E-state index contributed by atoms with van der Waals surface area (Å²) < 4.78 is 13.3. The minimum Gasteiger partial charge on any atom is -0.247 e. The van der Waals surface area contributed by atoms with Gasteiger partial charge in [-0.15, -0.1) is 0 Å². The normalized spacial score (nSPS) is 39.7. The smallest absolute Gasteiger partial charge is 0.104 e. The molecule has 3 aliphatic carbocycles. The molecule has 0 aromatic rings. The van der Waals surface area contributed by atoms with Gasteiger partial charge in [0.2, 0.25) is 0 Å². The van der Waals surface area contributed by atoms with Crippen LogP contribution in [0.3, 0.4) is 0 Å². The van der Waals surface area contributed by atoms with Crippen molar-refractivity contribution >= 4 is 0 Å². The van der Waals surface area contributed by atoms with E-state index in [0.717, 1.165) is 30.6 Å². The predicted molar refractivity (Wildman–Crippen MR) is 78.7 cm³/mol. The van der Waals surface area contributed by atoms with Crippen LogP contribution >= 0.6 is 0 Å². The first-order chi connectivity index (χ1) is 9.19. The molecular weight excluding hydrogens is 235 g/mol. The molecule has 3 unspecified atom stereocenters. The van der Waals surface area contributed by atoms with E-state index in [9.17, 15) is 4.39 Å². The molecule has 0 aromatic heterocycles. The third kappa shape index (κ3) is 2.80. The maximum absolute atomic E-state index is 13.3. The van der Waals surface area contributed by atoms with Gasteiger partial charge in [-0.2, -0.15) is 0 Å². The first-order valence-electron chi connectivity index (χ1n) is 8.24. The van der Waals surface area contributed by atoms with E-state index in [2.05, 4.69) is 26.0 Å². The number of rotatable bonds is 3. The summed E-state index contributed by atoms with van der Waals surface area (Å²) in [6.07, 6.45) is 12.1. The van der Waals surface area contributed by atoms with Gasteiger partial charge in [0.25, 0.3) is 0 Å². The third-order valence-corrected chi connectivity index (χ3v) is 5.58. The van der Waals surface area contributed by atoms with Crippen molar-refractivity contribution in [2.45, 2.75) is 65.0 Å². The zero-order valence-electron chi connectivity index (χ0n) is 12.4. The summed E-state index contributed by atoms with van der Waals surface area (Å²) in [5.74, 6) is 3.31. The predicted octanol–water partition coefficient (Wildman–Crippen LogP) is 5.45. The van der Waals surface area contributed by atoms with E-state index in [-0.39, 0.29) is 0 Å². The highest BCUT2D eigenvalue weighted by atomic mass is 19.1. The number of alkyl halides is 1. The highest BCUT2D eigenvalue weighted by molar-refractivity contribution is 5.37. The maximum Gasteiger partial charge on any atom is 0.104 e. The van der Waals surface area contributed by atoms with Crippen molar-refractivity contribution in [3.63, 3.8) is 0 Å². The fraction of sp³-hybridized carbons (Fsp3) is 0.778. The van der Waals surface area contributed by atoms with Gasteiger partial charge < -0.3 is 0 Å². The summed E-state index contributed by atoms with van der Waals surface area (Å²) >= 11 is 0. The van der Waals surface area contributed by atoms with Crippen LogP contribution in [-0.4, -0.2) is 6.17 Å². The Bertz CT molecular complexity index is 388. The quantitative estimate of drug-likeness (QED) is 0.634. The Morgan fingerprint density at radius 1 is 1.26 bits per heavy atom. The van der Waals surface area contributed by atoms with Gasteiger partial charge in [-0.25, -0.2) is 4.39 Å². The lowest BCUT2D eigenvalue weighted by molar-refractivity contribution is 0.281. The van der Waals surface area contributed by atoms with E-state index in [1.807, 2.05) is 0 Å². The van der Waals surface area contributed by atoms with Crippen LogP contribution in [0.15, 0.2) is 23.3 Å². The Balaban J connectivity index is 1.84. The highest BCUT2D eigenvalue weighted by Gasteiger charge is 2.39. The summed E-state index contributed by atoms with van der Waals surface area (Å²) in [7, 11) is 0. The van der Waals surface area contributed by atoms with Crippen LogP contribution in [0.2, 0.25) is 0 Å². The Morgan fingerprint density at radius 2 is 2.05 bits per heavy atom. The summed E-state index contributed by atoms with van der Waals surface area (Å²) in [5.41, 5.74) is 3.11. The van der Waals surface area contributed by atoms with Gasteiger partial charge in [0, 0.05) is 0 Å². The van der Waals surface area contributed by atoms with Crippen molar-refractivity contribution < 1.29 is 4.39 Å². The third-order valence-electron chi connectivity index (χ3n) is 5.58. The molecule has 0 saturated heterocycles. The second-order valence-corrected chi connectivity index (χ2v) is 6.93. The van der Waals surface area contributed by atoms with E-state index < -0.39 is 6.17 Å². The molecule has 1 heteroatoms. The first-order valence-corrected chi connectivity index (χ1v) is 8.24. The molecule has 0 bridgehead atoms. The van der Waals surface area contributed by atoms with Crippen molar-refractivity contribution in [3.8, 4) is 0 Å². The van der Waals surface area contributed by atoms with Gasteiger partial charge in [-0.3, -0.25) is 0 Å². The minimum atomic E-state index is -0.590. The van der Waals surface area contributed by atoms with Crippen LogP contribution in [0, 0.1) is 23.7 Å². The van der Waals surface area contributed by atoms with Crippen molar-refractivity contribution in [2.24, 2.45) is 23.7 Å². The highest BCUT2D eigenvalue weighted by Crippen LogP contribution is 2.50. The molecule has 1 fully saturated rings. The zero-order valence-corrected chi connectivity index (χ0v) is 12.4. The Labute approximate surface area is 117 Å². The van der Waals surface area contributed by atoms with Crippen LogP contribution in [0.1, 0.15) is 58.8 Å². The topological polar surface area (TPSA) is 0 Å². The molecule has 0 aliphatic heterocycles. The molecule has 19 heavy (non-hydrogen) atoms. The molecular formula is C18H27F. The average molecular weight is 262 g/mol. The van der Waals surface area contributed by atoms with Gasteiger partial charge in [0.05, 0.1) is 0 Å². The summed E-state index contributed by atoms with van der Waals surface area (Å²) in [6, 6.07) is 0. The van der Waals surface area contributed by atoms with E-state index >= 15 is 0 Å². The fourth-order valence-corrected chi connectivity index (χ4v) is 4.10. The second-order valence-electron chi connectivity index (χ2n) is 6.93. The van der Waals surface area contributed by atoms with Gasteiger partial charge in [0.1, 0.15) is 6.17 Å². The van der Waals surface area contributed by atoms with E-state index in [1.54, 1.807) is 5.57 Å². The van der Waals surface area contributed by atoms with Crippen molar-refractivity contribution in [1.82, 2.24) is 0 Å². The lowest BCUT2D eigenvalue weighted by atomic mass is 9.69. The summed E-state index contributed by atoms with van der Waals surface area (Å²) in [5, 5.41) is 0. The largest absolute Gasteiger partial charge is 0.247 e. The lowest BCUT2D eigenvalue weighted by Gasteiger charge is -2.36. The van der Waals surface area contributed by atoms with Crippen molar-refractivity contribution in [1.29, 1.82) is 0 Å². The van der Waals surface area contributed by atoms with Gasteiger partial charge in [0.15, 0.2) is 0 Å². The molecule has 0 aromatic carbocycles. The molecule has 0 radical (unpaired) electrons. The minimum absolute atomic E-state index is 0.590. The Morgan fingerprint density at radius 3 is 2.63 bits per heavy atom. The average Bonchev–Trinajstić information content (AvgIpc) is 3.24. The molecule has 0 N–H and O–H groups in total. The van der Waals surface area contributed by atoms with Crippen LogP contribution in [0.25, 0.3) is 0 Å². The van der Waals surface area contributed by atoms with Crippen LogP contribution in [-0.2, 0) is 0 Å². The SMILES string of the molecule is CCC1CC(C2CC2)C(C2=CCC(F)CC2)=C[C@@H]1C. The molecule has 4 atom stereocenters. The van der Waals surface area contributed by atoms with Gasteiger partial charge in [-0.05, 0) is 73.3 Å². The zero-order chi connectivity index (χ0) is 13.4. The molecule has 1 saturated carbocycles. The number of hydrogen-bond acceptors (Lipinski definition) is 0. The van der Waals surface area contributed by atoms with Gasteiger partial charge in [-0.1, -0.05) is 32.4 Å². The van der Waals surface area contributed by atoms with Crippen LogP contribution in [0.4, 0.5) is 4.39 Å². The lowest BCUT2D eigenvalue weighted by Crippen LogP contribution is -2.25. The van der Waals surface area contributed by atoms with Gasteiger partial charge >= 0.3 is 0 Å². The molecule has 0 heterocycles. The fourth-order valence-electron chi connectivity index (χ4n) is 4.10. The van der Waals surface area contributed by atoms with Crippen LogP contribution in [0.5, 0.6) is 0 Å². The number of hydrogen-bond donors (Lipinski definition) is 0. The van der Waals surface area contributed by atoms with E-state index in [4.69, 9.17) is 0 Å². The number of halogens is 1. The number of allylic oxidation sites excluding steroid dienone is 4. The molecule has 0 spiro atoms. The Kier molecular flexibility index (Phi) is 3.82. The standard InChI is InChI=1S/C18H27F/c1-3-13-11-18(14-4-5-14)17(10-12(13)2)15-6-8-16(19)9-7-15/h6,10,12-14,16,18H,3-5,7-9,11H2,1-2H3/t12-,13?,16?,18?/m0/s1. The first kappa shape index (κ1) is 13.4. The molecule has 3 aliphatic rings. The summed E-state index contributed by atoms with van der Waals surface area (Å²) in [4.78, 5) is 0. The molecule has 106 valence electrons. The Hall–Kier alpha value is -0.590. The second kappa shape index (κ2) is 5.42. The van der Waals surface area contributed by atoms with Crippen LogP contribution < -0.4 is 0 Å². The maximum atomic E-state index is 13.3. The summed E-state index contributed by atoms with van der Waals surface area (Å²) in [6.45, 7) is 4.70. The molecule has 3 rings (SSSR count). The van der Waals surface area contributed by atoms with E-state index in [0.29, 0.717) is 12.3 Å².